The Morgan fingerprint density at radius 1 is 1.18 bits per heavy atom. The first-order valence-electron chi connectivity index (χ1n) is 4.53. The molecular weight excluding hydrogens is 136 g/mol. The van der Waals surface area contributed by atoms with Crippen LogP contribution in [0.5, 0.6) is 0 Å². The van der Waals surface area contributed by atoms with Crippen LogP contribution in [0.15, 0.2) is 0 Å². The van der Waals surface area contributed by atoms with Gasteiger partial charge in [-0.05, 0) is 40.8 Å². The Morgan fingerprint density at radius 2 is 1.82 bits per heavy atom. The molecule has 66 valence electrons. The van der Waals surface area contributed by atoms with Crippen molar-refractivity contribution < 1.29 is 0 Å². The number of rotatable bonds is 1. The fourth-order valence-electron chi connectivity index (χ4n) is 2.02. The van der Waals surface area contributed by atoms with Crippen LogP contribution in [-0.4, -0.2) is 37.1 Å². The third-order valence-corrected chi connectivity index (χ3v) is 2.68. The second-order valence-corrected chi connectivity index (χ2v) is 3.96. The smallest absolute Gasteiger partial charge is 0.0241 e. The highest BCUT2D eigenvalue weighted by atomic mass is 15.2. The molecule has 0 aromatic carbocycles. The predicted octanol–water partition coefficient (Wildman–Crippen LogP) is 1.08. The van der Waals surface area contributed by atoms with Gasteiger partial charge in [-0.15, -0.1) is 0 Å². The normalized spacial score (nSPS) is 39.5. The second-order valence-electron chi connectivity index (χ2n) is 3.96. The van der Waals surface area contributed by atoms with Crippen LogP contribution in [0.3, 0.4) is 0 Å². The molecule has 1 aliphatic rings. The maximum absolute atomic E-state index is 3.57. The molecule has 1 heterocycles. The van der Waals surface area contributed by atoms with E-state index in [0.717, 1.165) is 6.04 Å². The molecule has 0 saturated carbocycles. The molecule has 1 N–H and O–H groups in total. The molecule has 0 aliphatic carbocycles. The lowest BCUT2D eigenvalue weighted by molar-refractivity contribution is 0.174. The standard InChI is InChI=1S/C9H20N2/c1-7-5-6-9(11(3)4)8(2)10-7/h7-10H,5-6H2,1-4H3. The maximum Gasteiger partial charge on any atom is 0.0241 e. The fraction of sp³-hybridized carbons (Fsp3) is 1.00. The van der Waals surface area contributed by atoms with Crippen molar-refractivity contribution in [3.05, 3.63) is 0 Å². The van der Waals surface area contributed by atoms with Crippen molar-refractivity contribution in [1.29, 1.82) is 0 Å². The SMILES string of the molecule is CC1CCC(N(C)C)C(C)N1. The molecule has 0 amide bonds. The average molecular weight is 156 g/mol. The molecule has 1 aliphatic heterocycles. The van der Waals surface area contributed by atoms with Crippen LogP contribution < -0.4 is 5.32 Å². The molecule has 1 fully saturated rings. The zero-order valence-corrected chi connectivity index (χ0v) is 8.09. The number of piperidine rings is 1. The molecule has 0 aromatic rings. The highest BCUT2D eigenvalue weighted by molar-refractivity contribution is 4.86. The quantitative estimate of drug-likeness (QED) is 0.611. The van der Waals surface area contributed by atoms with E-state index in [-0.39, 0.29) is 0 Å². The topological polar surface area (TPSA) is 15.3 Å². The van der Waals surface area contributed by atoms with E-state index in [4.69, 9.17) is 0 Å². The molecule has 0 radical (unpaired) electrons. The van der Waals surface area contributed by atoms with Gasteiger partial charge in [-0.1, -0.05) is 0 Å². The van der Waals surface area contributed by atoms with Gasteiger partial charge in [0.2, 0.25) is 0 Å². The molecule has 2 heteroatoms. The molecule has 1 rings (SSSR count). The van der Waals surface area contributed by atoms with Crippen LogP contribution in [-0.2, 0) is 0 Å². The highest BCUT2D eigenvalue weighted by Crippen LogP contribution is 2.16. The van der Waals surface area contributed by atoms with Crippen LogP contribution in [0, 0.1) is 0 Å². The van der Waals surface area contributed by atoms with Crippen molar-refractivity contribution in [2.45, 2.75) is 44.8 Å². The average Bonchev–Trinajstić information content (AvgIpc) is 1.85. The summed E-state index contributed by atoms with van der Waals surface area (Å²) in [4.78, 5) is 2.32. The van der Waals surface area contributed by atoms with Gasteiger partial charge in [0, 0.05) is 18.1 Å². The van der Waals surface area contributed by atoms with Crippen LogP contribution in [0.4, 0.5) is 0 Å². The predicted molar refractivity (Wildman–Crippen MR) is 48.8 cm³/mol. The maximum atomic E-state index is 3.57. The van der Waals surface area contributed by atoms with Gasteiger partial charge in [0.15, 0.2) is 0 Å². The van der Waals surface area contributed by atoms with Crippen molar-refractivity contribution >= 4 is 0 Å². The first-order valence-corrected chi connectivity index (χ1v) is 4.53. The third kappa shape index (κ3) is 2.17. The largest absolute Gasteiger partial charge is 0.310 e. The van der Waals surface area contributed by atoms with Crippen LogP contribution in [0.25, 0.3) is 0 Å². The number of hydrogen-bond donors (Lipinski definition) is 1. The first kappa shape index (κ1) is 9.01. The van der Waals surface area contributed by atoms with E-state index >= 15 is 0 Å². The number of nitrogens with zero attached hydrogens (tertiary/aromatic N) is 1. The molecular formula is C9H20N2. The van der Waals surface area contributed by atoms with Crippen LogP contribution >= 0.6 is 0 Å². The molecule has 3 unspecified atom stereocenters. The van der Waals surface area contributed by atoms with Gasteiger partial charge in [-0.2, -0.15) is 0 Å². The van der Waals surface area contributed by atoms with Gasteiger partial charge in [0.25, 0.3) is 0 Å². The molecule has 0 aromatic heterocycles. The zero-order chi connectivity index (χ0) is 8.43. The van der Waals surface area contributed by atoms with Crippen molar-refractivity contribution in [1.82, 2.24) is 10.2 Å². The molecule has 0 bridgehead atoms. The van der Waals surface area contributed by atoms with Gasteiger partial charge in [0.1, 0.15) is 0 Å². The van der Waals surface area contributed by atoms with E-state index in [1.165, 1.54) is 12.8 Å². The Kier molecular flexibility index (Phi) is 2.90. The van der Waals surface area contributed by atoms with Crippen molar-refractivity contribution in [3.63, 3.8) is 0 Å². The summed E-state index contributed by atoms with van der Waals surface area (Å²) >= 11 is 0. The van der Waals surface area contributed by atoms with Gasteiger partial charge < -0.3 is 10.2 Å². The lowest BCUT2D eigenvalue weighted by atomic mass is 9.95. The summed E-state index contributed by atoms with van der Waals surface area (Å²) in [6.07, 6.45) is 2.65. The van der Waals surface area contributed by atoms with E-state index in [1.807, 2.05) is 0 Å². The monoisotopic (exact) mass is 156 g/mol. The van der Waals surface area contributed by atoms with Gasteiger partial charge >= 0.3 is 0 Å². The molecule has 3 atom stereocenters. The number of hydrogen-bond acceptors (Lipinski definition) is 2. The molecule has 0 spiro atoms. The van der Waals surface area contributed by atoms with E-state index in [0.29, 0.717) is 12.1 Å². The Bertz CT molecular complexity index is 123. The second kappa shape index (κ2) is 3.55. The molecule has 2 nitrogen and oxygen atoms in total. The minimum atomic E-state index is 0.647. The summed E-state index contributed by atoms with van der Waals surface area (Å²) < 4.78 is 0. The fourth-order valence-corrected chi connectivity index (χ4v) is 2.02. The summed E-state index contributed by atoms with van der Waals surface area (Å²) in [6.45, 7) is 4.54. The minimum Gasteiger partial charge on any atom is -0.310 e. The van der Waals surface area contributed by atoms with E-state index in [1.54, 1.807) is 0 Å². The van der Waals surface area contributed by atoms with Gasteiger partial charge in [-0.3, -0.25) is 0 Å². The first-order chi connectivity index (χ1) is 5.11. The van der Waals surface area contributed by atoms with Crippen LogP contribution in [0.1, 0.15) is 26.7 Å². The third-order valence-electron chi connectivity index (χ3n) is 2.68. The molecule has 1 saturated heterocycles. The lowest BCUT2D eigenvalue weighted by Crippen LogP contribution is -2.52. The highest BCUT2D eigenvalue weighted by Gasteiger charge is 2.25. The zero-order valence-electron chi connectivity index (χ0n) is 8.09. The Hall–Kier alpha value is -0.0800. The molecule has 11 heavy (non-hydrogen) atoms. The van der Waals surface area contributed by atoms with Crippen molar-refractivity contribution in [3.8, 4) is 0 Å². The van der Waals surface area contributed by atoms with Crippen molar-refractivity contribution in [2.75, 3.05) is 14.1 Å². The number of likely N-dealkylation sites (N-methyl/N-ethyl adjacent to an activating group) is 1. The van der Waals surface area contributed by atoms with Crippen LogP contribution in [0.2, 0.25) is 0 Å². The summed E-state index contributed by atoms with van der Waals surface area (Å²) in [5, 5.41) is 3.57. The summed E-state index contributed by atoms with van der Waals surface area (Å²) in [5.41, 5.74) is 0. The summed E-state index contributed by atoms with van der Waals surface area (Å²) in [6, 6.07) is 2.08. The van der Waals surface area contributed by atoms with E-state index in [2.05, 4.69) is 38.2 Å². The Labute approximate surface area is 70.0 Å². The Balaban J connectivity index is 2.44. The summed E-state index contributed by atoms with van der Waals surface area (Å²) in [5.74, 6) is 0. The Morgan fingerprint density at radius 3 is 2.27 bits per heavy atom. The minimum absolute atomic E-state index is 0.647. The van der Waals surface area contributed by atoms with Gasteiger partial charge in [-0.25, -0.2) is 0 Å². The summed E-state index contributed by atoms with van der Waals surface area (Å²) in [7, 11) is 4.33. The van der Waals surface area contributed by atoms with Gasteiger partial charge in [0.05, 0.1) is 0 Å². The van der Waals surface area contributed by atoms with E-state index in [9.17, 15) is 0 Å². The van der Waals surface area contributed by atoms with E-state index < -0.39 is 0 Å². The number of nitrogens with one attached hydrogen (secondary N) is 1. The lowest BCUT2D eigenvalue weighted by Gasteiger charge is -2.37. The van der Waals surface area contributed by atoms with Crippen molar-refractivity contribution in [2.24, 2.45) is 0 Å².